The molecule has 0 saturated heterocycles. The van der Waals surface area contributed by atoms with Gasteiger partial charge >= 0.3 is 0 Å². The van der Waals surface area contributed by atoms with Gasteiger partial charge in [0.15, 0.2) is 5.82 Å². The van der Waals surface area contributed by atoms with Crippen LogP contribution in [-0.4, -0.2) is 20.0 Å². The fraction of sp³-hybridized carbons (Fsp3) is 0. The second-order valence-electron chi connectivity index (χ2n) is 2.27. The Bertz CT molecular complexity index is 366. The van der Waals surface area contributed by atoms with E-state index < -0.39 is 0 Å². The molecule has 2 aromatic rings. The number of rotatable bonds is 1. The molecule has 0 fully saturated rings. The van der Waals surface area contributed by atoms with Crippen LogP contribution in [-0.2, 0) is 0 Å². The molecule has 0 atom stereocenters. The van der Waals surface area contributed by atoms with Crippen molar-refractivity contribution >= 4 is 0 Å². The zero-order chi connectivity index (χ0) is 8.39. The molecule has 0 amide bonds. The molecule has 4 nitrogen and oxygen atoms in total. The number of hydrogen-bond acceptors (Lipinski definition) is 3. The molecule has 0 unspecified atom stereocenters. The van der Waals surface area contributed by atoms with Crippen molar-refractivity contribution in [2.45, 2.75) is 0 Å². The van der Waals surface area contributed by atoms with Crippen LogP contribution in [0.2, 0.25) is 0 Å². The third-order valence-electron chi connectivity index (χ3n) is 1.39. The van der Waals surface area contributed by atoms with Gasteiger partial charge < -0.3 is 0 Å². The van der Waals surface area contributed by atoms with Crippen molar-refractivity contribution in [1.82, 2.24) is 20.0 Å². The predicted molar refractivity (Wildman–Crippen MR) is 42.6 cm³/mol. The first-order chi connectivity index (χ1) is 5.86. The van der Waals surface area contributed by atoms with Crippen molar-refractivity contribution in [2.75, 3.05) is 0 Å². The highest BCUT2D eigenvalue weighted by atomic mass is 15.5. The lowest BCUT2D eigenvalue weighted by Gasteiger charge is -1.97. The molecule has 12 heavy (non-hydrogen) atoms. The van der Waals surface area contributed by atoms with Crippen LogP contribution >= 0.6 is 0 Å². The van der Waals surface area contributed by atoms with Gasteiger partial charge in [0.05, 0.1) is 12.4 Å². The topological polar surface area (TPSA) is 43.6 Å². The maximum atomic E-state index is 5.56. The van der Waals surface area contributed by atoms with Crippen LogP contribution in [0.25, 0.3) is 5.82 Å². The molecule has 0 aliphatic rings. The summed E-state index contributed by atoms with van der Waals surface area (Å²) in [5.74, 6) is 0.625. The Labute approximate surface area is 69.9 Å². The molecule has 4 heteroatoms. The molecule has 2 rings (SSSR count). The van der Waals surface area contributed by atoms with Crippen molar-refractivity contribution in [3.63, 3.8) is 0 Å². The van der Waals surface area contributed by atoms with Gasteiger partial charge in [0.2, 0.25) is 0 Å². The molecule has 58 valence electrons. The summed E-state index contributed by atoms with van der Waals surface area (Å²) in [6.45, 7) is 5.56. The highest BCUT2D eigenvalue weighted by Crippen LogP contribution is 2.02. The molecule has 0 spiro atoms. The van der Waals surface area contributed by atoms with Gasteiger partial charge in [-0.3, -0.25) is 0 Å². The van der Waals surface area contributed by atoms with Crippen molar-refractivity contribution in [3.8, 4) is 5.82 Å². The third-order valence-corrected chi connectivity index (χ3v) is 1.39. The molecule has 0 aromatic carbocycles. The SMILES string of the molecule is [CH]c1ccnc(-n2nccn2)c1. The van der Waals surface area contributed by atoms with E-state index in [1.54, 1.807) is 30.7 Å². The maximum absolute atomic E-state index is 5.56. The maximum Gasteiger partial charge on any atom is 0.174 e. The number of aromatic nitrogens is 4. The van der Waals surface area contributed by atoms with Crippen molar-refractivity contribution in [3.05, 3.63) is 43.2 Å². The van der Waals surface area contributed by atoms with E-state index in [1.165, 1.54) is 4.80 Å². The first kappa shape index (κ1) is 6.97. The van der Waals surface area contributed by atoms with E-state index >= 15 is 0 Å². The third kappa shape index (κ3) is 1.18. The monoisotopic (exact) mass is 158 g/mol. The Kier molecular flexibility index (Phi) is 1.59. The van der Waals surface area contributed by atoms with Crippen LogP contribution in [0.3, 0.4) is 0 Å². The summed E-state index contributed by atoms with van der Waals surface area (Å²) < 4.78 is 0. The molecule has 0 N–H and O–H groups in total. The summed E-state index contributed by atoms with van der Waals surface area (Å²) in [5.41, 5.74) is 0.650. The minimum absolute atomic E-state index is 0.625. The van der Waals surface area contributed by atoms with E-state index in [1.807, 2.05) is 0 Å². The zero-order valence-electron chi connectivity index (χ0n) is 6.25. The van der Waals surface area contributed by atoms with Crippen LogP contribution in [0.5, 0.6) is 0 Å². The van der Waals surface area contributed by atoms with E-state index in [9.17, 15) is 0 Å². The average Bonchev–Trinajstić information content (AvgIpc) is 2.56. The Morgan fingerprint density at radius 2 is 1.92 bits per heavy atom. The summed E-state index contributed by atoms with van der Waals surface area (Å²) in [4.78, 5) is 5.45. The van der Waals surface area contributed by atoms with Gasteiger partial charge in [0.25, 0.3) is 0 Å². The van der Waals surface area contributed by atoms with E-state index in [4.69, 9.17) is 6.92 Å². The Balaban J connectivity index is 2.48. The van der Waals surface area contributed by atoms with Gasteiger partial charge in [-0.1, -0.05) is 0 Å². The highest BCUT2D eigenvalue weighted by Gasteiger charge is 1.97. The molecular formula is C8H6N4. The fourth-order valence-electron chi connectivity index (χ4n) is 0.878. The van der Waals surface area contributed by atoms with E-state index in [2.05, 4.69) is 15.2 Å². The second-order valence-corrected chi connectivity index (χ2v) is 2.27. The lowest BCUT2D eigenvalue weighted by molar-refractivity contribution is 0.729. The van der Waals surface area contributed by atoms with Crippen LogP contribution in [0, 0.1) is 6.92 Å². The normalized spacial score (nSPS) is 10.1. The Morgan fingerprint density at radius 3 is 2.58 bits per heavy atom. The number of pyridine rings is 1. The summed E-state index contributed by atoms with van der Waals surface area (Å²) in [7, 11) is 0. The summed E-state index contributed by atoms with van der Waals surface area (Å²) in [6.07, 6.45) is 4.80. The number of hydrogen-bond donors (Lipinski definition) is 0. The molecule has 0 aliphatic carbocycles. The summed E-state index contributed by atoms with van der Waals surface area (Å²) in [6, 6.07) is 3.42. The molecule has 0 bridgehead atoms. The van der Waals surface area contributed by atoms with Crippen LogP contribution < -0.4 is 0 Å². The molecule has 2 aromatic heterocycles. The largest absolute Gasteiger partial charge is 0.236 e. The minimum atomic E-state index is 0.625. The Hall–Kier alpha value is -1.71. The van der Waals surface area contributed by atoms with Crippen LogP contribution in [0.15, 0.2) is 30.7 Å². The van der Waals surface area contributed by atoms with Crippen molar-refractivity contribution in [2.24, 2.45) is 0 Å². The van der Waals surface area contributed by atoms with Crippen molar-refractivity contribution in [1.29, 1.82) is 0 Å². The lowest BCUT2D eigenvalue weighted by atomic mass is 10.3. The predicted octanol–water partition coefficient (Wildman–Crippen LogP) is 0.721. The molecular weight excluding hydrogens is 152 g/mol. The van der Waals surface area contributed by atoms with Gasteiger partial charge in [-0.15, -0.1) is 4.80 Å². The highest BCUT2D eigenvalue weighted by molar-refractivity contribution is 5.26. The summed E-state index contributed by atoms with van der Waals surface area (Å²) >= 11 is 0. The van der Waals surface area contributed by atoms with Gasteiger partial charge in [-0.25, -0.2) is 4.98 Å². The molecule has 2 radical (unpaired) electrons. The number of nitrogens with zero attached hydrogens (tertiary/aromatic N) is 4. The van der Waals surface area contributed by atoms with E-state index in [0.717, 1.165) is 0 Å². The van der Waals surface area contributed by atoms with Gasteiger partial charge in [-0.2, -0.15) is 10.2 Å². The Morgan fingerprint density at radius 1 is 1.17 bits per heavy atom. The van der Waals surface area contributed by atoms with E-state index in [0.29, 0.717) is 11.4 Å². The molecule has 0 aliphatic heterocycles. The molecule has 2 heterocycles. The second kappa shape index (κ2) is 2.73. The fourth-order valence-corrected chi connectivity index (χ4v) is 0.878. The van der Waals surface area contributed by atoms with Crippen LogP contribution in [0.4, 0.5) is 0 Å². The zero-order valence-corrected chi connectivity index (χ0v) is 6.25. The summed E-state index contributed by atoms with van der Waals surface area (Å²) in [5, 5.41) is 7.83. The minimum Gasteiger partial charge on any atom is -0.236 e. The van der Waals surface area contributed by atoms with Gasteiger partial charge in [0.1, 0.15) is 0 Å². The smallest absolute Gasteiger partial charge is 0.174 e. The van der Waals surface area contributed by atoms with Crippen molar-refractivity contribution < 1.29 is 0 Å². The first-order valence-corrected chi connectivity index (χ1v) is 3.44. The average molecular weight is 158 g/mol. The molecule has 0 saturated carbocycles. The van der Waals surface area contributed by atoms with E-state index in [-0.39, 0.29) is 0 Å². The van der Waals surface area contributed by atoms with Gasteiger partial charge in [-0.05, 0) is 24.6 Å². The standard InChI is InChI=1S/C8H6N4/c1-7-2-3-9-8(6-7)12-10-4-5-11-12/h1-6H. The first-order valence-electron chi connectivity index (χ1n) is 3.44. The quantitative estimate of drug-likeness (QED) is 0.614. The van der Waals surface area contributed by atoms with Gasteiger partial charge in [0, 0.05) is 6.20 Å². The lowest BCUT2D eigenvalue weighted by Crippen LogP contribution is -2.00. The van der Waals surface area contributed by atoms with Crippen LogP contribution in [0.1, 0.15) is 5.56 Å².